The lowest BCUT2D eigenvalue weighted by atomic mass is 9.50. The summed E-state index contributed by atoms with van der Waals surface area (Å²) in [5, 5.41) is 23.3. The first-order valence-corrected chi connectivity index (χ1v) is 16.3. The molecule has 2 fully saturated rings. The molecule has 0 aliphatic carbocycles. The second-order valence-electron chi connectivity index (χ2n) is 9.72. The molecule has 3 N–H and O–H groups in total. The molecule has 3 heterocycles. The van der Waals surface area contributed by atoms with Crippen LogP contribution in [0.5, 0.6) is 0 Å². The molecule has 17 heteroatoms. The normalized spacial score (nSPS) is 30.7. The van der Waals surface area contributed by atoms with E-state index in [1.54, 1.807) is 48.0 Å². The predicted octanol–water partition coefficient (Wildman–Crippen LogP) is 0.810. The lowest BCUT2D eigenvalue weighted by Crippen LogP contribution is -2.39. The first-order valence-electron chi connectivity index (χ1n) is 13.2. The highest BCUT2D eigenvalue weighted by molar-refractivity contribution is 8.54. The second-order valence-corrected chi connectivity index (χ2v) is 13.7. The molecule has 4 rings (SSSR count). The van der Waals surface area contributed by atoms with Crippen LogP contribution in [-0.4, -0.2) is 120 Å². The number of amides is 1. The lowest BCUT2D eigenvalue weighted by Gasteiger charge is -2.28. The average Bonchev–Trinajstić information content (AvgIpc) is 3.62. The van der Waals surface area contributed by atoms with Crippen LogP contribution in [0.25, 0.3) is 0 Å². The second kappa shape index (κ2) is 14.9. The van der Waals surface area contributed by atoms with E-state index in [4.69, 9.17) is 43.6 Å². The fraction of sp³-hybridized carbons (Fsp3) is 0.560. The third kappa shape index (κ3) is 7.55. The Morgan fingerprint density at radius 2 is 1.83 bits per heavy atom. The Labute approximate surface area is 252 Å². The number of rotatable bonds is 14. The molecule has 3 unspecified atom stereocenters. The summed E-state index contributed by atoms with van der Waals surface area (Å²) in [5.41, 5.74) is 1.21. The van der Waals surface area contributed by atoms with Crippen LogP contribution in [0.2, 0.25) is 0 Å². The molecule has 2 aliphatic rings. The van der Waals surface area contributed by atoms with Crippen molar-refractivity contribution in [1.82, 2.24) is 4.57 Å². The van der Waals surface area contributed by atoms with Gasteiger partial charge in [0.2, 0.25) is 0 Å². The van der Waals surface area contributed by atoms with Crippen molar-refractivity contribution in [3.05, 3.63) is 53.7 Å². The first kappa shape index (κ1) is 33.3. The van der Waals surface area contributed by atoms with Crippen LogP contribution in [0.4, 0.5) is 5.82 Å². The number of carbonyl (C=O) groups is 1. The van der Waals surface area contributed by atoms with E-state index in [9.17, 15) is 19.6 Å². The van der Waals surface area contributed by atoms with Crippen LogP contribution in [0.3, 0.4) is 0 Å². The number of anilines is 1. The third-order valence-electron chi connectivity index (χ3n) is 7.15. The summed E-state index contributed by atoms with van der Waals surface area (Å²) >= 11 is 0.876. The van der Waals surface area contributed by atoms with Crippen LogP contribution in [0, 0.1) is 0 Å². The molecule has 1 aromatic carbocycles. The van der Waals surface area contributed by atoms with Crippen molar-refractivity contribution in [2.45, 2.75) is 54.4 Å². The van der Waals surface area contributed by atoms with Gasteiger partial charge in [0.05, 0.1) is 20.4 Å². The zero-order valence-corrected chi connectivity index (χ0v) is 25.2. The molecule has 5 radical (unpaired) electrons. The molecule has 2 aliphatic heterocycles. The van der Waals surface area contributed by atoms with E-state index < -0.39 is 62.0 Å². The monoisotopic (exact) mass is 617 g/mol. The van der Waals surface area contributed by atoms with Crippen LogP contribution < -0.4 is 5.32 Å². The summed E-state index contributed by atoms with van der Waals surface area (Å²) in [6.45, 7) is -4.84. The van der Waals surface area contributed by atoms with E-state index in [2.05, 4.69) is 5.32 Å². The minimum atomic E-state index is -4.07. The van der Waals surface area contributed by atoms with Gasteiger partial charge in [0, 0.05) is 58.0 Å². The van der Waals surface area contributed by atoms with Gasteiger partial charge in [0.1, 0.15) is 50.3 Å². The topological polar surface area (TPSA) is 147 Å². The fourth-order valence-electron chi connectivity index (χ4n) is 4.79. The number of carbonyl (C=O) groups excluding carboxylic acids is 1. The number of nitrogens with one attached hydrogen (secondary N) is 1. The molecule has 2 aromatic rings. The maximum absolute atomic E-state index is 14.2. The largest absolute Gasteiger partial charge is 0.394 e. The van der Waals surface area contributed by atoms with Gasteiger partial charge in [-0.05, 0) is 35.6 Å². The van der Waals surface area contributed by atoms with Gasteiger partial charge in [-0.25, -0.2) is 4.57 Å². The summed E-state index contributed by atoms with van der Waals surface area (Å²) in [7, 11) is 17.4. The molecule has 223 valence electrons. The molecule has 12 nitrogen and oxygen atoms in total. The molecular formula is C25H33B3N2O10PS. The highest BCUT2D eigenvalue weighted by Gasteiger charge is 2.49. The van der Waals surface area contributed by atoms with Gasteiger partial charge in [-0.3, -0.25) is 13.8 Å². The number of aliphatic hydroxyl groups excluding tert-OH is 2. The van der Waals surface area contributed by atoms with Crippen LogP contribution in [0.15, 0.2) is 42.5 Å². The van der Waals surface area contributed by atoms with E-state index in [0.29, 0.717) is 17.1 Å². The van der Waals surface area contributed by atoms with E-state index in [1.807, 2.05) is 6.07 Å². The van der Waals surface area contributed by atoms with Gasteiger partial charge in [0.25, 0.3) is 5.91 Å². The number of hydrogen-bond donors (Lipinski definition) is 3. The van der Waals surface area contributed by atoms with Crippen molar-refractivity contribution < 1.29 is 47.6 Å². The Morgan fingerprint density at radius 3 is 2.45 bits per heavy atom. The summed E-state index contributed by atoms with van der Waals surface area (Å²) in [6, 6.07) is 10.7. The summed E-state index contributed by atoms with van der Waals surface area (Å²) in [6.07, 6.45) is -5.53. The maximum atomic E-state index is 14.2. The number of hydrogen-bond acceptors (Lipinski definition) is 11. The predicted molar refractivity (Wildman–Crippen MR) is 159 cm³/mol. The molecule has 0 bridgehead atoms. The van der Waals surface area contributed by atoms with Crippen molar-refractivity contribution in [3.8, 4) is 0 Å². The molecule has 0 spiro atoms. The fourth-order valence-corrected chi connectivity index (χ4v) is 8.21. The SMILES string of the molecule is [B][B][C@@H]1O[C@H](CO)C(OP(=O)(OC[C@H]2O[C@@H]([B])[C@@H](OC)C2O)SCc2ccc(NC(=O)c3ccccc3)n2C)[C@@H]1OC. The number of methoxy groups -OCH3 is 2. The molecule has 1 amide bonds. The minimum absolute atomic E-state index is 0.144. The van der Waals surface area contributed by atoms with E-state index in [-0.39, 0.29) is 18.3 Å². The Bertz CT molecular complexity index is 1230. The van der Waals surface area contributed by atoms with Crippen molar-refractivity contribution >= 4 is 52.7 Å². The zero-order valence-electron chi connectivity index (χ0n) is 23.5. The van der Waals surface area contributed by atoms with Gasteiger partial charge in [-0.1, -0.05) is 18.2 Å². The van der Waals surface area contributed by atoms with E-state index in [0.717, 1.165) is 11.4 Å². The standard InChI is InChI=1S/C25H33B3N2O10PS/c1-30-15(9-10-18(30)29-25(33)14-7-5-4-6-8-14)13-42-41(34,37-12-17-19(32)21(35-2)23(26)38-17)40-20-16(11-31)39-24(28-27)22(20)36-3/h4-10,16-17,19-24,31-32H,11-13H2,1-3H3,(H,29,33)/t16-,17-,19?,20?,21+,22+,23-,24-,41?/m1/s1. The van der Waals surface area contributed by atoms with Gasteiger partial charge < -0.3 is 39.0 Å². The molecular weight excluding hydrogens is 584 g/mol. The van der Waals surface area contributed by atoms with Crippen LogP contribution >= 0.6 is 18.2 Å². The lowest BCUT2D eigenvalue weighted by molar-refractivity contribution is -0.0242. The Balaban J connectivity index is 1.50. The Kier molecular flexibility index (Phi) is 11.9. The Hall–Kier alpha value is -1.58. The number of benzene rings is 1. The quantitative estimate of drug-likeness (QED) is 0.205. The van der Waals surface area contributed by atoms with E-state index in [1.165, 1.54) is 21.4 Å². The van der Waals surface area contributed by atoms with Crippen molar-refractivity contribution in [3.63, 3.8) is 0 Å². The first-order chi connectivity index (χ1) is 20.1. The highest BCUT2D eigenvalue weighted by Crippen LogP contribution is 2.63. The van der Waals surface area contributed by atoms with Crippen LogP contribution in [-0.2, 0) is 45.4 Å². The third-order valence-corrected chi connectivity index (χ3v) is 10.8. The van der Waals surface area contributed by atoms with E-state index >= 15 is 0 Å². The van der Waals surface area contributed by atoms with Crippen LogP contribution in [0.1, 0.15) is 16.1 Å². The molecule has 0 saturated carbocycles. The zero-order chi connectivity index (χ0) is 30.4. The number of ether oxygens (including phenoxy) is 4. The smallest absolute Gasteiger partial charge is 0.390 e. The average molecular weight is 617 g/mol. The summed E-state index contributed by atoms with van der Waals surface area (Å²) in [4.78, 5) is 12.6. The summed E-state index contributed by atoms with van der Waals surface area (Å²) < 4.78 is 49.8. The highest BCUT2D eigenvalue weighted by atomic mass is 32.7. The molecule has 42 heavy (non-hydrogen) atoms. The maximum Gasteiger partial charge on any atom is 0.390 e. The van der Waals surface area contributed by atoms with Crippen molar-refractivity contribution in [2.75, 3.05) is 32.8 Å². The number of aliphatic hydroxyl groups is 2. The summed E-state index contributed by atoms with van der Waals surface area (Å²) in [5.74, 6) is 0.401. The number of nitrogens with zero attached hydrogens (tertiary/aromatic N) is 1. The molecule has 2 saturated heterocycles. The van der Waals surface area contributed by atoms with Gasteiger partial charge >= 0.3 is 6.80 Å². The number of aromatic nitrogens is 1. The van der Waals surface area contributed by atoms with Crippen molar-refractivity contribution in [1.29, 1.82) is 0 Å². The Morgan fingerprint density at radius 1 is 1.12 bits per heavy atom. The minimum Gasteiger partial charge on any atom is -0.394 e. The van der Waals surface area contributed by atoms with Gasteiger partial charge in [-0.2, -0.15) is 0 Å². The van der Waals surface area contributed by atoms with Gasteiger partial charge in [0.15, 0.2) is 0 Å². The van der Waals surface area contributed by atoms with Crippen molar-refractivity contribution in [2.24, 2.45) is 7.05 Å². The van der Waals surface area contributed by atoms with Gasteiger partial charge in [-0.15, -0.1) is 0 Å². The molecule has 9 atom stereocenters. The molecule has 1 aromatic heterocycles.